The Kier molecular flexibility index (Phi) is 15.1. The summed E-state index contributed by atoms with van der Waals surface area (Å²) in [6.45, 7) is 11.3. The molecule has 0 bridgehead atoms. The van der Waals surface area contributed by atoms with E-state index in [0.717, 1.165) is 6.61 Å². The number of rotatable bonds is 6. The summed E-state index contributed by atoms with van der Waals surface area (Å²) in [5.74, 6) is -0.289. The Bertz CT molecular complexity index is 154. The van der Waals surface area contributed by atoms with Crippen molar-refractivity contribution in [3.8, 4) is 0 Å². The lowest BCUT2D eigenvalue weighted by Gasteiger charge is -1.99. The van der Waals surface area contributed by atoms with Gasteiger partial charge < -0.3 is 14.2 Å². The maximum Gasteiger partial charge on any atom is 0.302 e. The van der Waals surface area contributed by atoms with Gasteiger partial charge in [-0.1, -0.05) is 13.2 Å². The summed E-state index contributed by atoms with van der Waals surface area (Å²) in [4.78, 5) is 10.1. The van der Waals surface area contributed by atoms with E-state index in [2.05, 4.69) is 27.4 Å². The molecule has 0 amide bonds. The van der Waals surface area contributed by atoms with Gasteiger partial charge in [-0.25, -0.2) is 0 Å². The molecule has 0 saturated carbocycles. The Morgan fingerprint density at radius 1 is 1.21 bits per heavy atom. The molecule has 0 fully saturated rings. The molecule has 0 saturated heterocycles. The quantitative estimate of drug-likeness (QED) is 0.375. The van der Waals surface area contributed by atoms with Crippen LogP contribution in [0.5, 0.6) is 0 Å². The third kappa shape index (κ3) is 22.4. The van der Waals surface area contributed by atoms with Crippen molar-refractivity contribution in [3.63, 3.8) is 0 Å². The fourth-order valence-electron chi connectivity index (χ4n) is 0.435. The number of hydrogen-bond donors (Lipinski definition) is 0. The van der Waals surface area contributed by atoms with Gasteiger partial charge in [0.25, 0.3) is 0 Å². The molecule has 4 heteroatoms. The molecule has 0 unspecified atom stereocenters. The molecule has 0 aromatic carbocycles. The minimum atomic E-state index is -0.289. The van der Waals surface area contributed by atoms with Gasteiger partial charge in [-0.05, 0) is 6.92 Å². The SMILES string of the molecule is C=COCC.C=COCCOC(C)=O. The molecule has 0 spiro atoms. The average molecular weight is 202 g/mol. The van der Waals surface area contributed by atoms with Gasteiger partial charge >= 0.3 is 5.97 Å². The van der Waals surface area contributed by atoms with E-state index in [-0.39, 0.29) is 5.97 Å². The van der Waals surface area contributed by atoms with E-state index in [1.807, 2.05) is 6.92 Å². The number of ether oxygens (including phenoxy) is 3. The molecule has 4 nitrogen and oxygen atoms in total. The normalized spacial score (nSPS) is 7.57. The van der Waals surface area contributed by atoms with E-state index in [1.54, 1.807) is 0 Å². The zero-order valence-corrected chi connectivity index (χ0v) is 8.82. The summed E-state index contributed by atoms with van der Waals surface area (Å²) < 4.78 is 13.8. The fourth-order valence-corrected chi connectivity index (χ4v) is 0.435. The second-order valence-corrected chi connectivity index (χ2v) is 2.00. The standard InChI is InChI=1S/C6H10O3.C4H8O/c1-3-8-4-5-9-6(2)7;1-3-5-4-2/h3H,1,4-5H2,2H3;3H,1,4H2,2H3. The first-order valence-electron chi connectivity index (χ1n) is 4.27. The molecule has 0 atom stereocenters. The predicted molar refractivity (Wildman–Crippen MR) is 54.6 cm³/mol. The lowest BCUT2D eigenvalue weighted by molar-refractivity contribution is -0.141. The minimum Gasteiger partial charge on any atom is -0.502 e. The van der Waals surface area contributed by atoms with Crippen LogP contribution >= 0.6 is 0 Å². The summed E-state index contributed by atoms with van der Waals surface area (Å²) in [5, 5.41) is 0. The van der Waals surface area contributed by atoms with Crippen molar-refractivity contribution in [3.05, 3.63) is 25.7 Å². The summed E-state index contributed by atoms with van der Waals surface area (Å²) >= 11 is 0. The van der Waals surface area contributed by atoms with E-state index in [4.69, 9.17) is 0 Å². The smallest absolute Gasteiger partial charge is 0.302 e. The van der Waals surface area contributed by atoms with E-state index in [9.17, 15) is 4.79 Å². The zero-order chi connectivity index (χ0) is 11.2. The van der Waals surface area contributed by atoms with Crippen LogP contribution in [0.25, 0.3) is 0 Å². The van der Waals surface area contributed by atoms with Crippen LogP contribution in [0.4, 0.5) is 0 Å². The van der Waals surface area contributed by atoms with Crippen molar-refractivity contribution in [2.24, 2.45) is 0 Å². The second-order valence-electron chi connectivity index (χ2n) is 2.00. The Morgan fingerprint density at radius 2 is 1.79 bits per heavy atom. The van der Waals surface area contributed by atoms with Gasteiger partial charge in [0.1, 0.15) is 13.2 Å². The molecule has 0 aliphatic rings. The van der Waals surface area contributed by atoms with Crippen LogP contribution in [0.15, 0.2) is 25.7 Å². The van der Waals surface area contributed by atoms with Crippen molar-refractivity contribution in [1.82, 2.24) is 0 Å². The predicted octanol–water partition coefficient (Wildman–Crippen LogP) is 1.88. The van der Waals surface area contributed by atoms with Gasteiger partial charge in [-0.2, -0.15) is 0 Å². The summed E-state index contributed by atoms with van der Waals surface area (Å²) in [7, 11) is 0. The molecule has 0 aromatic rings. The topological polar surface area (TPSA) is 44.8 Å². The second kappa shape index (κ2) is 14.1. The van der Waals surface area contributed by atoms with Crippen molar-refractivity contribution in [1.29, 1.82) is 0 Å². The highest BCUT2D eigenvalue weighted by atomic mass is 16.6. The van der Waals surface area contributed by atoms with Crippen LogP contribution in [-0.2, 0) is 19.0 Å². The van der Waals surface area contributed by atoms with Crippen LogP contribution in [0.3, 0.4) is 0 Å². The first-order chi connectivity index (χ1) is 6.68. The Hall–Kier alpha value is -1.45. The van der Waals surface area contributed by atoms with Gasteiger partial charge in [0.15, 0.2) is 0 Å². The van der Waals surface area contributed by atoms with Gasteiger partial charge in [0.2, 0.25) is 0 Å². The molecule has 0 aromatic heterocycles. The number of esters is 1. The average Bonchev–Trinajstić information content (AvgIpc) is 2.15. The minimum absolute atomic E-state index is 0.289. The molecular weight excluding hydrogens is 184 g/mol. The molecule has 0 heterocycles. The number of hydrogen-bond acceptors (Lipinski definition) is 4. The van der Waals surface area contributed by atoms with Crippen LogP contribution in [-0.4, -0.2) is 25.8 Å². The summed E-state index contributed by atoms with van der Waals surface area (Å²) in [6.07, 6.45) is 2.74. The molecule has 0 rings (SSSR count). The van der Waals surface area contributed by atoms with E-state index >= 15 is 0 Å². The highest BCUT2D eigenvalue weighted by molar-refractivity contribution is 5.65. The highest BCUT2D eigenvalue weighted by Gasteiger charge is 1.89. The first-order valence-corrected chi connectivity index (χ1v) is 4.27. The van der Waals surface area contributed by atoms with Gasteiger partial charge in [-0.3, -0.25) is 4.79 Å². The monoisotopic (exact) mass is 202 g/mol. The molecule has 82 valence electrons. The van der Waals surface area contributed by atoms with Crippen molar-refractivity contribution < 1.29 is 19.0 Å². The molecule has 0 aliphatic heterocycles. The van der Waals surface area contributed by atoms with E-state index < -0.39 is 0 Å². The van der Waals surface area contributed by atoms with Crippen LogP contribution in [0.1, 0.15) is 13.8 Å². The molecule has 14 heavy (non-hydrogen) atoms. The molecule has 0 aliphatic carbocycles. The highest BCUT2D eigenvalue weighted by Crippen LogP contribution is 1.78. The molecule has 0 radical (unpaired) electrons. The maximum atomic E-state index is 10.1. The van der Waals surface area contributed by atoms with Crippen LogP contribution < -0.4 is 0 Å². The van der Waals surface area contributed by atoms with Gasteiger partial charge in [-0.15, -0.1) is 0 Å². The number of carbonyl (C=O) groups is 1. The maximum absolute atomic E-state index is 10.1. The first kappa shape index (κ1) is 15.0. The number of carbonyl (C=O) groups excluding carboxylic acids is 1. The third-order valence-electron chi connectivity index (χ3n) is 0.909. The summed E-state index contributed by atoms with van der Waals surface area (Å²) in [5.41, 5.74) is 0. The zero-order valence-electron chi connectivity index (χ0n) is 8.82. The van der Waals surface area contributed by atoms with Gasteiger partial charge in [0.05, 0.1) is 19.1 Å². The molecule has 0 N–H and O–H groups in total. The van der Waals surface area contributed by atoms with Crippen LogP contribution in [0, 0.1) is 0 Å². The van der Waals surface area contributed by atoms with E-state index in [0.29, 0.717) is 13.2 Å². The van der Waals surface area contributed by atoms with Crippen molar-refractivity contribution in [2.75, 3.05) is 19.8 Å². The Labute approximate surface area is 85.2 Å². The lowest BCUT2D eigenvalue weighted by Crippen LogP contribution is -2.04. The Balaban J connectivity index is 0. The largest absolute Gasteiger partial charge is 0.502 e. The Morgan fingerprint density at radius 3 is 2.07 bits per heavy atom. The lowest BCUT2D eigenvalue weighted by atomic mass is 10.7. The summed E-state index contributed by atoms with van der Waals surface area (Å²) in [6, 6.07) is 0. The van der Waals surface area contributed by atoms with Crippen molar-refractivity contribution in [2.45, 2.75) is 13.8 Å². The van der Waals surface area contributed by atoms with Crippen LogP contribution in [0.2, 0.25) is 0 Å². The van der Waals surface area contributed by atoms with E-state index in [1.165, 1.54) is 19.4 Å². The van der Waals surface area contributed by atoms with Gasteiger partial charge in [0, 0.05) is 6.92 Å². The fraction of sp³-hybridized carbons (Fsp3) is 0.500. The molecular formula is C10H18O4. The van der Waals surface area contributed by atoms with Crippen molar-refractivity contribution >= 4 is 5.97 Å². The third-order valence-corrected chi connectivity index (χ3v) is 0.909.